The molecular weight excluding hydrogens is 699 g/mol. The van der Waals surface area contributed by atoms with E-state index in [0.717, 1.165) is 64.3 Å². The summed E-state index contributed by atoms with van der Waals surface area (Å²) < 4.78 is 0. The van der Waals surface area contributed by atoms with E-state index < -0.39 is 5.60 Å². The highest BCUT2D eigenvalue weighted by atomic mass is 16.3. The largest absolute Gasteiger partial charge is 0.393 e. The summed E-state index contributed by atoms with van der Waals surface area (Å²) in [5.41, 5.74) is 4.99. The number of hydrogen-bond donors (Lipinski definition) is 3. The van der Waals surface area contributed by atoms with E-state index in [1.54, 1.807) is 0 Å². The van der Waals surface area contributed by atoms with Crippen molar-refractivity contribution < 1.29 is 15.3 Å². The van der Waals surface area contributed by atoms with Gasteiger partial charge < -0.3 is 15.3 Å². The number of nitrogens with zero attached hydrogens (tertiary/aromatic N) is 1. The van der Waals surface area contributed by atoms with Crippen LogP contribution in [0.4, 0.5) is 0 Å². The van der Waals surface area contributed by atoms with E-state index in [4.69, 9.17) is 0 Å². The van der Waals surface area contributed by atoms with Gasteiger partial charge in [-0.1, -0.05) is 98.8 Å². The van der Waals surface area contributed by atoms with E-state index in [9.17, 15) is 15.3 Å². The monoisotopic (exact) mass is 770 g/mol. The summed E-state index contributed by atoms with van der Waals surface area (Å²) in [5.74, 6) is 5.45. The molecule has 1 spiro atoms. The van der Waals surface area contributed by atoms with Gasteiger partial charge in [0, 0.05) is 19.1 Å². The minimum absolute atomic E-state index is 0.0453. The molecule has 3 aromatic rings. The summed E-state index contributed by atoms with van der Waals surface area (Å²) in [6.07, 6.45) is 14.8. The summed E-state index contributed by atoms with van der Waals surface area (Å²) in [5, 5.41) is 36.5. The average Bonchev–Trinajstić information content (AvgIpc) is 3.79. The minimum atomic E-state index is -0.603. The van der Waals surface area contributed by atoms with E-state index in [-0.39, 0.29) is 29.0 Å². The quantitative estimate of drug-likeness (QED) is 0.224. The summed E-state index contributed by atoms with van der Waals surface area (Å²) in [6.45, 7) is 9.50. The fourth-order valence-electron chi connectivity index (χ4n) is 16.3. The fourth-order valence-corrected chi connectivity index (χ4v) is 16.3. The molecule has 2 aliphatic heterocycles. The lowest BCUT2D eigenvalue weighted by Gasteiger charge is -2.60. The van der Waals surface area contributed by atoms with Crippen LogP contribution >= 0.6 is 0 Å². The molecular formula is C53H71NO3. The highest BCUT2D eigenvalue weighted by Gasteiger charge is 2.67. The summed E-state index contributed by atoms with van der Waals surface area (Å²) in [7, 11) is 0. The molecule has 306 valence electrons. The van der Waals surface area contributed by atoms with Gasteiger partial charge in [0.1, 0.15) is 0 Å². The molecule has 5 saturated carbocycles. The first kappa shape index (κ1) is 38.7. The van der Waals surface area contributed by atoms with E-state index >= 15 is 0 Å². The molecule has 4 heteroatoms. The molecule has 4 nitrogen and oxygen atoms in total. The molecule has 0 amide bonds. The van der Waals surface area contributed by atoms with E-state index in [0.29, 0.717) is 59.3 Å². The highest BCUT2D eigenvalue weighted by molar-refractivity contribution is 5.32. The van der Waals surface area contributed by atoms with Gasteiger partial charge >= 0.3 is 0 Å². The van der Waals surface area contributed by atoms with Crippen LogP contribution in [0.1, 0.15) is 126 Å². The zero-order chi connectivity index (χ0) is 39.1. The second kappa shape index (κ2) is 14.9. The van der Waals surface area contributed by atoms with Crippen LogP contribution in [-0.2, 0) is 12.8 Å². The van der Waals surface area contributed by atoms with Gasteiger partial charge in [0.15, 0.2) is 0 Å². The molecule has 0 unspecified atom stereocenters. The molecule has 3 aromatic carbocycles. The Morgan fingerprint density at radius 3 is 2.16 bits per heavy atom. The fraction of sp³-hybridized carbons (Fsp3) is 0.660. The minimum Gasteiger partial charge on any atom is -0.393 e. The third kappa shape index (κ3) is 6.80. The molecule has 2 saturated heterocycles. The molecule has 5 aliphatic carbocycles. The van der Waals surface area contributed by atoms with Crippen molar-refractivity contribution in [2.45, 2.75) is 140 Å². The highest BCUT2D eigenvalue weighted by Crippen LogP contribution is 2.71. The third-order valence-electron chi connectivity index (χ3n) is 18.8. The van der Waals surface area contributed by atoms with Gasteiger partial charge in [-0.3, -0.25) is 4.90 Å². The third-order valence-corrected chi connectivity index (χ3v) is 18.8. The Morgan fingerprint density at radius 2 is 1.40 bits per heavy atom. The predicted molar refractivity (Wildman–Crippen MR) is 230 cm³/mol. The number of piperidine rings is 2. The molecule has 16 atom stereocenters. The molecule has 0 bridgehead atoms. The number of benzene rings is 3. The summed E-state index contributed by atoms with van der Waals surface area (Å²) in [6, 6.07) is 31.7. The van der Waals surface area contributed by atoms with Crippen molar-refractivity contribution in [1.82, 2.24) is 4.90 Å². The number of fused-ring (bicyclic) bond motifs is 8. The van der Waals surface area contributed by atoms with Crippen molar-refractivity contribution in [2.24, 2.45) is 64.1 Å². The van der Waals surface area contributed by atoms with Gasteiger partial charge in [-0.25, -0.2) is 0 Å². The Bertz CT molecular complexity index is 1840. The summed E-state index contributed by atoms with van der Waals surface area (Å²) in [4.78, 5) is 2.72. The second-order valence-electron chi connectivity index (χ2n) is 21.9. The predicted octanol–water partition coefficient (Wildman–Crippen LogP) is 10.1. The molecule has 57 heavy (non-hydrogen) atoms. The van der Waals surface area contributed by atoms with Crippen molar-refractivity contribution in [3.05, 3.63) is 107 Å². The first-order chi connectivity index (χ1) is 27.5. The molecule has 2 heterocycles. The number of aliphatic hydroxyl groups is 3. The first-order valence-corrected chi connectivity index (χ1v) is 23.5. The van der Waals surface area contributed by atoms with Crippen molar-refractivity contribution in [1.29, 1.82) is 0 Å². The molecule has 10 rings (SSSR count). The van der Waals surface area contributed by atoms with E-state index in [2.05, 4.69) is 111 Å². The lowest BCUT2D eigenvalue weighted by molar-refractivity contribution is -0.180. The molecule has 0 aromatic heterocycles. The van der Waals surface area contributed by atoms with Gasteiger partial charge in [-0.05, 0) is 189 Å². The van der Waals surface area contributed by atoms with Crippen LogP contribution in [0.25, 0.3) is 0 Å². The topological polar surface area (TPSA) is 63.9 Å². The van der Waals surface area contributed by atoms with Gasteiger partial charge in [-0.2, -0.15) is 0 Å². The molecule has 0 radical (unpaired) electrons. The van der Waals surface area contributed by atoms with Crippen LogP contribution in [0.3, 0.4) is 0 Å². The number of aliphatic hydroxyl groups excluding tert-OH is 2. The Hall–Kier alpha value is -2.50. The Kier molecular flexibility index (Phi) is 10.1. The van der Waals surface area contributed by atoms with Crippen LogP contribution < -0.4 is 0 Å². The van der Waals surface area contributed by atoms with Crippen molar-refractivity contribution in [3.63, 3.8) is 0 Å². The van der Waals surface area contributed by atoms with Gasteiger partial charge in [0.25, 0.3) is 0 Å². The lowest BCUT2D eigenvalue weighted by Crippen LogP contribution is -2.67. The maximum absolute atomic E-state index is 12.3. The second-order valence-corrected chi connectivity index (χ2v) is 21.9. The zero-order valence-corrected chi connectivity index (χ0v) is 35.2. The smallest absolute Gasteiger partial charge is 0.0805 e. The maximum Gasteiger partial charge on any atom is 0.0805 e. The van der Waals surface area contributed by atoms with Crippen LogP contribution in [0.15, 0.2) is 84.9 Å². The zero-order valence-electron chi connectivity index (χ0n) is 35.2. The van der Waals surface area contributed by atoms with Crippen molar-refractivity contribution >= 4 is 0 Å². The Balaban J connectivity index is 0.880. The summed E-state index contributed by atoms with van der Waals surface area (Å²) >= 11 is 0. The Morgan fingerprint density at radius 1 is 0.684 bits per heavy atom. The maximum atomic E-state index is 12.3. The van der Waals surface area contributed by atoms with Crippen molar-refractivity contribution in [3.8, 4) is 0 Å². The normalized spacial score (nSPS) is 44.4. The number of rotatable bonds is 7. The van der Waals surface area contributed by atoms with Crippen LogP contribution in [0, 0.1) is 64.1 Å². The van der Waals surface area contributed by atoms with Gasteiger partial charge in [-0.15, -0.1) is 0 Å². The van der Waals surface area contributed by atoms with Gasteiger partial charge in [0.05, 0.1) is 17.8 Å². The van der Waals surface area contributed by atoms with Crippen LogP contribution in [0.5, 0.6) is 0 Å². The SMILES string of the molecule is C[C@@H]1CC[C@H]2N(C1)C[C@H]1[C@H]3C[C@@H]4[C@@H](C[C@H](O)[C@@H]5C[C@@H](O)[C@@]6(CC[C@H](C[C@H](Cc7ccccc7)c7ccc(Cc8ccccc8)cc7)C6)C[C@]45C)[C@H]3CC[C@H]1[C@]2(C)O. The van der Waals surface area contributed by atoms with Crippen LogP contribution in [-0.4, -0.2) is 57.2 Å². The first-order valence-electron chi connectivity index (χ1n) is 23.5. The van der Waals surface area contributed by atoms with Crippen molar-refractivity contribution in [2.75, 3.05) is 13.1 Å². The molecule has 7 aliphatic rings. The molecule has 3 N–H and O–H groups in total. The Labute approximate surface area is 343 Å². The lowest BCUT2D eigenvalue weighted by atomic mass is 9.46. The van der Waals surface area contributed by atoms with E-state index in [1.807, 2.05) is 0 Å². The van der Waals surface area contributed by atoms with Crippen LogP contribution in [0.2, 0.25) is 0 Å². The standard InChI is InChI=1S/C53H71NO3/c1-34-14-21-49-52(3,57)45-20-19-41-42(44(45)32-54(49)31-34)27-46-43(41)28-48(55)47-29-50(56)53(33-51(46,47)2)23-22-38(30-53)26-40(25-36-12-8-5-9-13-36)39-17-15-37(16-18-39)24-35-10-6-4-7-11-35/h4-13,15-18,34,38,40-50,55-57H,14,19-33H2,1-3H3/t34-,38-,40+,41+,42+,43+,44+,45-,46-,47+,48+,49-,50-,51-,52+,53-/m1/s1. The van der Waals surface area contributed by atoms with Gasteiger partial charge in [0.2, 0.25) is 0 Å². The van der Waals surface area contributed by atoms with E-state index in [1.165, 1.54) is 60.9 Å². The number of hydrogen-bond acceptors (Lipinski definition) is 4. The molecule has 7 fully saturated rings. The average molecular weight is 770 g/mol.